The molecule has 0 bridgehead atoms. The summed E-state index contributed by atoms with van der Waals surface area (Å²) in [7, 11) is 1.97. The largest absolute Gasteiger partial charge is 0.416 e. The summed E-state index contributed by atoms with van der Waals surface area (Å²) in [5.74, 6) is 1.42. The van der Waals surface area contributed by atoms with E-state index >= 15 is 0 Å². The number of anilines is 1. The minimum absolute atomic E-state index is 0.294. The van der Waals surface area contributed by atoms with Crippen molar-refractivity contribution in [1.82, 2.24) is 35.3 Å². The van der Waals surface area contributed by atoms with Crippen LogP contribution in [0.1, 0.15) is 24.2 Å². The van der Waals surface area contributed by atoms with Crippen LogP contribution in [0.25, 0.3) is 5.69 Å². The zero-order valence-corrected chi connectivity index (χ0v) is 16.4. The van der Waals surface area contributed by atoms with Gasteiger partial charge in [0.15, 0.2) is 11.6 Å². The van der Waals surface area contributed by atoms with E-state index in [9.17, 15) is 13.2 Å². The van der Waals surface area contributed by atoms with E-state index in [1.54, 1.807) is 6.20 Å². The number of rotatable bonds is 6. The molecule has 1 atom stereocenters. The van der Waals surface area contributed by atoms with Crippen LogP contribution in [0.3, 0.4) is 0 Å². The molecule has 1 unspecified atom stereocenters. The maximum absolute atomic E-state index is 12.8. The summed E-state index contributed by atoms with van der Waals surface area (Å²) in [4.78, 5) is 4.36. The average molecular weight is 418 g/mol. The van der Waals surface area contributed by atoms with E-state index in [1.807, 2.05) is 19.2 Å². The summed E-state index contributed by atoms with van der Waals surface area (Å²) >= 11 is 0. The number of halogens is 3. The molecule has 1 aliphatic heterocycles. The number of alkyl halides is 3. The molecule has 0 N–H and O–H groups in total. The summed E-state index contributed by atoms with van der Waals surface area (Å²) in [5, 5.41) is 19.9. The summed E-state index contributed by atoms with van der Waals surface area (Å²) in [5.41, 5.74) is -0.221. The fourth-order valence-electron chi connectivity index (χ4n) is 3.74. The molecule has 3 aromatic rings. The molecule has 8 nitrogen and oxygen atoms in total. The topological polar surface area (TPSA) is 75.9 Å². The Hall–Kier alpha value is -3.08. The molecule has 4 rings (SSSR count). The average Bonchev–Trinajstić information content (AvgIpc) is 3.37. The predicted molar refractivity (Wildman–Crippen MR) is 103 cm³/mol. The predicted octanol–water partition coefficient (Wildman–Crippen LogP) is 2.57. The molecule has 0 amide bonds. The van der Waals surface area contributed by atoms with E-state index < -0.39 is 11.7 Å². The molecule has 0 radical (unpaired) electrons. The maximum atomic E-state index is 12.8. The molecule has 1 aliphatic rings. The van der Waals surface area contributed by atoms with Gasteiger partial charge in [-0.15, -0.1) is 10.2 Å². The van der Waals surface area contributed by atoms with E-state index in [0.29, 0.717) is 24.1 Å². The van der Waals surface area contributed by atoms with Gasteiger partial charge < -0.3 is 4.90 Å². The number of hydrogen-bond donors (Lipinski definition) is 0. The first-order valence-corrected chi connectivity index (χ1v) is 9.59. The molecule has 1 fully saturated rings. The van der Waals surface area contributed by atoms with Crippen LogP contribution in [-0.4, -0.2) is 61.5 Å². The molecule has 1 saturated heterocycles. The highest BCUT2D eigenvalue weighted by Gasteiger charge is 2.30. The van der Waals surface area contributed by atoms with Crippen molar-refractivity contribution in [2.45, 2.75) is 31.6 Å². The molecular weight excluding hydrogens is 397 g/mol. The molecule has 0 saturated carbocycles. The normalized spacial score (nSPS) is 17.1. The Bertz CT molecular complexity index is 958. The van der Waals surface area contributed by atoms with Gasteiger partial charge in [0, 0.05) is 25.3 Å². The lowest BCUT2D eigenvalue weighted by Gasteiger charge is -2.28. The lowest BCUT2D eigenvalue weighted by atomic mass is 10.2. The molecule has 11 heteroatoms. The number of aromatic nitrogens is 6. The van der Waals surface area contributed by atoms with Gasteiger partial charge in [0.2, 0.25) is 0 Å². The van der Waals surface area contributed by atoms with Crippen LogP contribution in [0.2, 0.25) is 0 Å². The van der Waals surface area contributed by atoms with Crippen molar-refractivity contribution in [2.75, 3.05) is 25.0 Å². The van der Waals surface area contributed by atoms with Gasteiger partial charge in [0.25, 0.3) is 0 Å². The standard InChI is InChI=1S/C19H21F3N8/c1-28(12-16-4-3-11-29(16)17-5-2-10-23-24-17)13-18-25-26-27-30(18)15-8-6-14(7-9-15)19(20,21)22/h2,5-10,16H,3-4,11-13H2,1H3. The van der Waals surface area contributed by atoms with Crippen molar-refractivity contribution < 1.29 is 13.2 Å². The lowest BCUT2D eigenvalue weighted by molar-refractivity contribution is -0.137. The Kier molecular flexibility index (Phi) is 5.62. The fraction of sp³-hybridized carbons (Fsp3) is 0.421. The van der Waals surface area contributed by atoms with E-state index in [-0.39, 0.29) is 0 Å². The second kappa shape index (κ2) is 8.34. The highest BCUT2D eigenvalue weighted by atomic mass is 19.4. The number of nitrogens with zero attached hydrogens (tertiary/aromatic N) is 8. The van der Waals surface area contributed by atoms with Gasteiger partial charge in [-0.1, -0.05) is 0 Å². The van der Waals surface area contributed by atoms with Gasteiger partial charge in [-0.05, 0) is 66.7 Å². The van der Waals surface area contributed by atoms with Gasteiger partial charge in [0.05, 0.1) is 17.8 Å². The number of hydrogen-bond acceptors (Lipinski definition) is 7. The van der Waals surface area contributed by atoms with E-state index in [4.69, 9.17) is 0 Å². The van der Waals surface area contributed by atoms with Crippen molar-refractivity contribution >= 4 is 5.82 Å². The molecule has 0 spiro atoms. The van der Waals surface area contributed by atoms with E-state index in [0.717, 1.165) is 43.9 Å². The van der Waals surface area contributed by atoms with Crippen molar-refractivity contribution in [3.05, 3.63) is 54.0 Å². The quantitative estimate of drug-likeness (QED) is 0.609. The molecule has 1 aromatic carbocycles. The van der Waals surface area contributed by atoms with Crippen LogP contribution >= 0.6 is 0 Å². The van der Waals surface area contributed by atoms with Crippen molar-refractivity contribution in [3.8, 4) is 5.69 Å². The fourth-order valence-corrected chi connectivity index (χ4v) is 3.74. The Balaban J connectivity index is 1.43. The first-order valence-electron chi connectivity index (χ1n) is 9.59. The van der Waals surface area contributed by atoms with Crippen molar-refractivity contribution in [3.63, 3.8) is 0 Å². The molecule has 2 aromatic heterocycles. The Morgan fingerprint density at radius 3 is 2.63 bits per heavy atom. The second-order valence-electron chi connectivity index (χ2n) is 7.32. The minimum Gasteiger partial charge on any atom is -0.351 e. The van der Waals surface area contributed by atoms with Gasteiger partial charge in [-0.3, -0.25) is 4.90 Å². The van der Waals surface area contributed by atoms with Crippen LogP contribution in [0.4, 0.5) is 19.0 Å². The third-order valence-corrected chi connectivity index (χ3v) is 5.14. The van der Waals surface area contributed by atoms with Crippen LogP contribution < -0.4 is 4.90 Å². The van der Waals surface area contributed by atoms with E-state index in [2.05, 4.69) is 35.5 Å². The lowest BCUT2D eigenvalue weighted by Crippen LogP contribution is -2.39. The number of likely N-dealkylation sites (N-methyl/N-ethyl adjacent to an activating group) is 1. The zero-order valence-electron chi connectivity index (χ0n) is 16.4. The molecule has 158 valence electrons. The molecule has 0 aliphatic carbocycles. The molecule has 3 heterocycles. The second-order valence-corrected chi connectivity index (χ2v) is 7.32. The summed E-state index contributed by atoms with van der Waals surface area (Å²) in [6.07, 6.45) is -0.594. The third kappa shape index (κ3) is 4.40. The Morgan fingerprint density at radius 2 is 1.93 bits per heavy atom. The number of benzene rings is 1. The van der Waals surface area contributed by atoms with Crippen molar-refractivity contribution in [2.24, 2.45) is 0 Å². The third-order valence-electron chi connectivity index (χ3n) is 5.14. The maximum Gasteiger partial charge on any atom is 0.416 e. The zero-order chi connectivity index (χ0) is 21.1. The van der Waals surface area contributed by atoms with Gasteiger partial charge >= 0.3 is 6.18 Å². The first-order chi connectivity index (χ1) is 14.4. The number of tetrazole rings is 1. The monoisotopic (exact) mass is 418 g/mol. The minimum atomic E-state index is -4.38. The summed E-state index contributed by atoms with van der Waals surface area (Å²) in [6.45, 7) is 2.16. The first kappa shape index (κ1) is 20.2. The van der Waals surface area contributed by atoms with Crippen LogP contribution in [0.5, 0.6) is 0 Å². The van der Waals surface area contributed by atoms with Gasteiger partial charge in [-0.25, -0.2) is 0 Å². The molecular formula is C19H21F3N8. The Labute approximate surface area is 171 Å². The van der Waals surface area contributed by atoms with Crippen LogP contribution in [-0.2, 0) is 12.7 Å². The van der Waals surface area contributed by atoms with Crippen LogP contribution in [0.15, 0.2) is 42.6 Å². The highest BCUT2D eigenvalue weighted by molar-refractivity contribution is 5.39. The van der Waals surface area contributed by atoms with Gasteiger partial charge in [-0.2, -0.15) is 23.0 Å². The van der Waals surface area contributed by atoms with Crippen LogP contribution in [0, 0.1) is 0 Å². The SMILES string of the molecule is CN(Cc1nnnn1-c1ccc(C(F)(F)F)cc1)CC1CCCN1c1cccnn1. The molecule has 30 heavy (non-hydrogen) atoms. The summed E-state index contributed by atoms with van der Waals surface area (Å²) < 4.78 is 39.8. The Morgan fingerprint density at radius 1 is 1.13 bits per heavy atom. The van der Waals surface area contributed by atoms with Crippen molar-refractivity contribution in [1.29, 1.82) is 0 Å². The van der Waals surface area contributed by atoms with Gasteiger partial charge in [0.1, 0.15) is 0 Å². The van der Waals surface area contributed by atoms with E-state index in [1.165, 1.54) is 16.8 Å². The highest BCUT2D eigenvalue weighted by Crippen LogP contribution is 2.29. The summed E-state index contributed by atoms with van der Waals surface area (Å²) in [6, 6.07) is 8.92. The smallest absolute Gasteiger partial charge is 0.351 e.